The third-order valence-corrected chi connectivity index (χ3v) is 7.56. The number of hydrogen-bond acceptors (Lipinski definition) is 1. The molecule has 0 fully saturated rings. The summed E-state index contributed by atoms with van der Waals surface area (Å²) in [5.41, 5.74) is 9.18. The minimum atomic E-state index is 0.978. The van der Waals surface area contributed by atoms with Crippen LogP contribution < -0.4 is 0 Å². The first-order valence-electron chi connectivity index (χ1n) is 12.9. The number of para-hydroxylation sites is 3. The minimum Gasteiger partial charge on any atom is -0.309 e. The van der Waals surface area contributed by atoms with Gasteiger partial charge in [0.15, 0.2) is 0 Å². The summed E-state index contributed by atoms with van der Waals surface area (Å²) >= 11 is 0. The second-order valence-corrected chi connectivity index (χ2v) is 9.69. The van der Waals surface area contributed by atoms with Gasteiger partial charge in [-0.1, -0.05) is 78.9 Å². The Hall–Kier alpha value is -5.15. The predicted octanol–water partition coefficient (Wildman–Crippen LogP) is 8.94. The Morgan fingerprint density at radius 2 is 0.974 bits per heavy atom. The summed E-state index contributed by atoms with van der Waals surface area (Å²) in [6, 6.07) is 47.6. The molecule has 0 saturated carbocycles. The molecule has 5 aromatic carbocycles. The molecule has 0 N–H and O–H groups in total. The average molecular weight is 486 g/mol. The minimum absolute atomic E-state index is 0.978. The fraction of sp³-hybridized carbons (Fsp3) is 0. The quantitative estimate of drug-likeness (QED) is 0.245. The van der Waals surface area contributed by atoms with E-state index >= 15 is 0 Å². The van der Waals surface area contributed by atoms with Gasteiger partial charge in [0.25, 0.3) is 0 Å². The molecule has 0 saturated heterocycles. The van der Waals surface area contributed by atoms with Crippen LogP contribution in [0.5, 0.6) is 0 Å². The van der Waals surface area contributed by atoms with Crippen molar-refractivity contribution < 1.29 is 0 Å². The van der Waals surface area contributed by atoms with Gasteiger partial charge >= 0.3 is 0 Å². The second-order valence-electron chi connectivity index (χ2n) is 9.69. The molecule has 0 aliphatic rings. The molecular formula is C35H23N3. The molecule has 3 heteroatoms. The van der Waals surface area contributed by atoms with E-state index in [1.165, 1.54) is 43.6 Å². The van der Waals surface area contributed by atoms with Crippen LogP contribution in [0.15, 0.2) is 140 Å². The number of hydrogen-bond donors (Lipinski definition) is 0. The van der Waals surface area contributed by atoms with Crippen LogP contribution in [0.1, 0.15) is 0 Å². The van der Waals surface area contributed by atoms with E-state index in [2.05, 4.69) is 135 Å². The van der Waals surface area contributed by atoms with Crippen molar-refractivity contribution in [2.24, 2.45) is 0 Å². The highest BCUT2D eigenvalue weighted by Crippen LogP contribution is 2.37. The van der Waals surface area contributed by atoms with E-state index < -0.39 is 0 Å². The summed E-state index contributed by atoms with van der Waals surface area (Å²) in [6.45, 7) is 0. The highest BCUT2D eigenvalue weighted by Gasteiger charge is 2.17. The number of nitrogens with zero attached hydrogens (tertiary/aromatic N) is 3. The predicted molar refractivity (Wildman–Crippen MR) is 158 cm³/mol. The van der Waals surface area contributed by atoms with E-state index in [-0.39, 0.29) is 0 Å². The van der Waals surface area contributed by atoms with Crippen LogP contribution in [0, 0.1) is 0 Å². The monoisotopic (exact) mass is 485 g/mol. The zero-order valence-electron chi connectivity index (χ0n) is 20.6. The lowest BCUT2D eigenvalue weighted by Gasteiger charge is -2.11. The Kier molecular flexibility index (Phi) is 4.52. The van der Waals surface area contributed by atoms with Crippen molar-refractivity contribution in [2.75, 3.05) is 0 Å². The van der Waals surface area contributed by atoms with Gasteiger partial charge in [0.1, 0.15) is 0 Å². The molecular weight excluding hydrogens is 462 g/mol. The van der Waals surface area contributed by atoms with Gasteiger partial charge < -0.3 is 9.13 Å². The zero-order chi connectivity index (χ0) is 25.1. The molecule has 0 spiro atoms. The topological polar surface area (TPSA) is 22.8 Å². The van der Waals surface area contributed by atoms with E-state index in [9.17, 15) is 0 Å². The molecule has 0 radical (unpaired) electrons. The van der Waals surface area contributed by atoms with Gasteiger partial charge in [0, 0.05) is 44.7 Å². The van der Waals surface area contributed by atoms with Crippen molar-refractivity contribution >= 4 is 43.6 Å². The van der Waals surface area contributed by atoms with Gasteiger partial charge in [-0.2, -0.15) is 0 Å². The fourth-order valence-electron chi connectivity index (χ4n) is 5.89. The summed E-state index contributed by atoms with van der Waals surface area (Å²) in [5, 5.41) is 5.00. The molecule has 3 nitrogen and oxygen atoms in total. The molecule has 178 valence electrons. The maximum atomic E-state index is 4.61. The van der Waals surface area contributed by atoms with Crippen LogP contribution in [0.2, 0.25) is 0 Å². The van der Waals surface area contributed by atoms with Gasteiger partial charge in [-0.15, -0.1) is 0 Å². The Balaban J connectivity index is 1.46. The number of pyridine rings is 1. The summed E-state index contributed by atoms with van der Waals surface area (Å²) in [4.78, 5) is 4.61. The van der Waals surface area contributed by atoms with Crippen molar-refractivity contribution in [3.8, 4) is 22.6 Å². The van der Waals surface area contributed by atoms with E-state index in [4.69, 9.17) is 0 Å². The maximum Gasteiger partial charge on any atom is 0.0702 e. The van der Waals surface area contributed by atoms with Gasteiger partial charge in [-0.05, 0) is 54.6 Å². The summed E-state index contributed by atoms with van der Waals surface area (Å²) in [6.07, 6.45) is 1.85. The van der Waals surface area contributed by atoms with Crippen LogP contribution in [-0.4, -0.2) is 14.1 Å². The number of benzene rings is 5. The van der Waals surface area contributed by atoms with Crippen LogP contribution in [-0.2, 0) is 0 Å². The number of rotatable bonds is 3. The smallest absolute Gasteiger partial charge is 0.0702 e. The molecule has 0 bridgehead atoms. The molecule has 0 aliphatic carbocycles. The lowest BCUT2D eigenvalue weighted by molar-refractivity contribution is 1.15. The molecule has 3 aromatic heterocycles. The van der Waals surface area contributed by atoms with E-state index in [1.54, 1.807) is 0 Å². The normalized spacial score (nSPS) is 11.7. The summed E-state index contributed by atoms with van der Waals surface area (Å²) in [5.74, 6) is 0. The molecule has 8 rings (SSSR count). The van der Waals surface area contributed by atoms with Crippen molar-refractivity contribution in [1.82, 2.24) is 14.1 Å². The highest BCUT2D eigenvalue weighted by molar-refractivity contribution is 6.12. The van der Waals surface area contributed by atoms with Crippen molar-refractivity contribution in [1.29, 1.82) is 0 Å². The third kappa shape index (κ3) is 3.06. The lowest BCUT2D eigenvalue weighted by Crippen LogP contribution is -1.97. The molecule has 38 heavy (non-hydrogen) atoms. The van der Waals surface area contributed by atoms with E-state index in [0.717, 1.165) is 22.6 Å². The molecule has 0 aliphatic heterocycles. The van der Waals surface area contributed by atoms with Crippen molar-refractivity contribution in [3.63, 3.8) is 0 Å². The first kappa shape index (κ1) is 21.0. The second kappa shape index (κ2) is 8.19. The molecule has 0 amide bonds. The molecule has 3 heterocycles. The highest BCUT2D eigenvalue weighted by atomic mass is 15.0. The van der Waals surface area contributed by atoms with Crippen molar-refractivity contribution in [2.45, 2.75) is 0 Å². The van der Waals surface area contributed by atoms with Crippen LogP contribution in [0.4, 0.5) is 0 Å². The summed E-state index contributed by atoms with van der Waals surface area (Å²) in [7, 11) is 0. The zero-order valence-corrected chi connectivity index (χ0v) is 20.6. The Labute approximate surface area is 219 Å². The van der Waals surface area contributed by atoms with Crippen molar-refractivity contribution in [3.05, 3.63) is 140 Å². The van der Waals surface area contributed by atoms with Gasteiger partial charge in [0.05, 0.1) is 27.8 Å². The SMILES string of the molecule is c1ccc(-n2c3ccccc3c3ccc(-n4c5ccccc5c5ccc(-c6ccccn6)cc54)cc32)cc1. The van der Waals surface area contributed by atoms with Gasteiger partial charge in [-0.3, -0.25) is 4.98 Å². The standard InChI is InChI=1S/C35H23N3/c1-2-10-25(11-3-1)37-32-15-6-4-13-28(32)30-20-18-26(23-35(30)37)38-33-16-7-5-12-27(33)29-19-17-24(22-34(29)38)31-14-8-9-21-36-31/h1-23H. The Morgan fingerprint density at radius 3 is 1.68 bits per heavy atom. The molecule has 8 aromatic rings. The molecule has 0 atom stereocenters. The van der Waals surface area contributed by atoms with Crippen LogP contribution in [0.3, 0.4) is 0 Å². The Bertz CT molecular complexity index is 2120. The van der Waals surface area contributed by atoms with Gasteiger partial charge in [0.2, 0.25) is 0 Å². The lowest BCUT2D eigenvalue weighted by atomic mass is 10.1. The van der Waals surface area contributed by atoms with E-state index in [1.807, 2.05) is 18.3 Å². The Morgan fingerprint density at radius 1 is 0.395 bits per heavy atom. The van der Waals surface area contributed by atoms with Crippen LogP contribution in [0.25, 0.3) is 66.2 Å². The number of fused-ring (bicyclic) bond motifs is 6. The van der Waals surface area contributed by atoms with Crippen LogP contribution >= 0.6 is 0 Å². The summed E-state index contributed by atoms with van der Waals surface area (Å²) < 4.78 is 4.77. The average Bonchev–Trinajstić information content (AvgIpc) is 3.50. The first-order chi connectivity index (χ1) is 18.9. The number of aromatic nitrogens is 3. The first-order valence-corrected chi connectivity index (χ1v) is 12.9. The van der Waals surface area contributed by atoms with Gasteiger partial charge in [-0.25, -0.2) is 0 Å². The van der Waals surface area contributed by atoms with E-state index in [0.29, 0.717) is 0 Å². The maximum absolute atomic E-state index is 4.61. The third-order valence-electron chi connectivity index (χ3n) is 7.56. The molecule has 0 unspecified atom stereocenters. The fourth-order valence-corrected chi connectivity index (χ4v) is 5.89. The largest absolute Gasteiger partial charge is 0.309 e.